The Morgan fingerprint density at radius 1 is 1.11 bits per heavy atom. The van der Waals surface area contributed by atoms with Crippen LogP contribution in [0, 0.1) is 0 Å². The van der Waals surface area contributed by atoms with Gasteiger partial charge < -0.3 is 14.8 Å². The Morgan fingerprint density at radius 2 is 1.89 bits per heavy atom. The van der Waals surface area contributed by atoms with E-state index >= 15 is 0 Å². The Bertz CT molecular complexity index is 940. The van der Waals surface area contributed by atoms with Gasteiger partial charge in [-0.3, -0.25) is 24.1 Å². The van der Waals surface area contributed by atoms with Crippen molar-refractivity contribution in [2.45, 2.75) is 6.42 Å². The van der Waals surface area contributed by atoms with Gasteiger partial charge in [0.05, 0.1) is 13.5 Å². The summed E-state index contributed by atoms with van der Waals surface area (Å²) in [6.07, 6.45) is 0.0333. The normalized spacial score (nSPS) is 13.0. The molecule has 0 aromatic heterocycles. The van der Waals surface area contributed by atoms with Crippen LogP contribution in [0.5, 0.6) is 5.75 Å². The van der Waals surface area contributed by atoms with Crippen molar-refractivity contribution in [3.05, 3.63) is 59.7 Å². The number of nitrogens with zero attached hydrogens (tertiary/aromatic N) is 1. The van der Waals surface area contributed by atoms with E-state index in [4.69, 9.17) is 9.47 Å². The molecule has 1 aliphatic heterocycles. The highest BCUT2D eigenvalue weighted by atomic mass is 16.5. The zero-order valence-electron chi connectivity index (χ0n) is 15.1. The second-order valence-corrected chi connectivity index (χ2v) is 6.06. The fourth-order valence-electron chi connectivity index (χ4n) is 2.78. The van der Waals surface area contributed by atoms with E-state index in [9.17, 15) is 19.2 Å². The summed E-state index contributed by atoms with van der Waals surface area (Å²) in [6.45, 7) is -1.08. The molecule has 2 aromatic rings. The largest absolute Gasteiger partial charge is 0.497 e. The van der Waals surface area contributed by atoms with Gasteiger partial charge in [-0.2, -0.15) is 0 Å². The minimum Gasteiger partial charge on any atom is -0.497 e. The first kappa shape index (κ1) is 19.1. The number of imide groups is 1. The molecule has 3 amide bonds. The molecular weight excluding hydrogens is 364 g/mol. The molecule has 3 rings (SSSR count). The second-order valence-electron chi connectivity index (χ2n) is 6.06. The van der Waals surface area contributed by atoms with Gasteiger partial charge in [-0.05, 0) is 23.8 Å². The van der Waals surface area contributed by atoms with Crippen LogP contribution in [0.4, 0.5) is 5.69 Å². The molecule has 8 heteroatoms. The number of carbonyl (C=O) groups excluding carboxylic acids is 4. The molecule has 0 aliphatic carbocycles. The number of hydrogen-bond donors (Lipinski definition) is 1. The number of rotatable bonds is 6. The van der Waals surface area contributed by atoms with Crippen molar-refractivity contribution >= 4 is 29.4 Å². The monoisotopic (exact) mass is 382 g/mol. The van der Waals surface area contributed by atoms with Gasteiger partial charge in [0, 0.05) is 17.3 Å². The Labute approximate surface area is 161 Å². The van der Waals surface area contributed by atoms with Gasteiger partial charge in [0.1, 0.15) is 12.3 Å². The summed E-state index contributed by atoms with van der Waals surface area (Å²) in [5, 5.41) is 2.56. The molecule has 0 saturated carbocycles. The Hall–Kier alpha value is -3.68. The van der Waals surface area contributed by atoms with E-state index in [0.29, 0.717) is 22.6 Å². The maximum absolute atomic E-state index is 12.4. The maximum atomic E-state index is 12.4. The van der Waals surface area contributed by atoms with Crippen LogP contribution in [-0.4, -0.2) is 48.9 Å². The van der Waals surface area contributed by atoms with Crippen LogP contribution in [-0.2, 0) is 25.5 Å². The van der Waals surface area contributed by atoms with E-state index in [1.807, 2.05) is 0 Å². The van der Waals surface area contributed by atoms with Crippen LogP contribution in [0.15, 0.2) is 48.5 Å². The van der Waals surface area contributed by atoms with E-state index < -0.39 is 36.8 Å². The summed E-state index contributed by atoms with van der Waals surface area (Å²) < 4.78 is 9.95. The lowest BCUT2D eigenvalue weighted by molar-refractivity contribution is -0.150. The molecule has 0 atom stereocenters. The number of anilines is 1. The van der Waals surface area contributed by atoms with E-state index in [2.05, 4.69) is 5.32 Å². The van der Waals surface area contributed by atoms with E-state index in [0.717, 1.165) is 4.90 Å². The minimum atomic E-state index is -0.845. The highest BCUT2D eigenvalue weighted by molar-refractivity contribution is 6.11. The van der Waals surface area contributed by atoms with Gasteiger partial charge in [-0.25, -0.2) is 0 Å². The van der Waals surface area contributed by atoms with Gasteiger partial charge >= 0.3 is 5.97 Å². The molecule has 0 bridgehead atoms. The van der Waals surface area contributed by atoms with Crippen LogP contribution in [0.1, 0.15) is 15.9 Å². The summed E-state index contributed by atoms with van der Waals surface area (Å²) in [7, 11) is 1.50. The Morgan fingerprint density at radius 3 is 2.68 bits per heavy atom. The number of amides is 3. The van der Waals surface area contributed by atoms with E-state index in [1.165, 1.54) is 7.11 Å². The number of fused-ring (bicyclic) bond motifs is 1. The highest BCUT2D eigenvalue weighted by Crippen LogP contribution is 2.19. The first-order chi connectivity index (χ1) is 13.5. The first-order valence-corrected chi connectivity index (χ1v) is 8.50. The molecule has 8 nitrogen and oxygen atoms in total. The first-order valence-electron chi connectivity index (χ1n) is 8.50. The van der Waals surface area contributed by atoms with Crippen molar-refractivity contribution < 1.29 is 28.7 Å². The summed E-state index contributed by atoms with van der Waals surface area (Å²) in [5.41, 5.74) is 1.49. The summed E-state index contributed by atoms with van der Waals surface area (Å²) >= 11 is 0. The fraction of sp³-hybridized carbons (Fsp3) is 0.200. The van der Waals surface area contributed by atoms with Crippen LogP contribution in [0.3, 0.4) is 0 Å². The zero-order valence-corrected chi connectivity index (χ0v) is 15.1. The molecular formula is C20H18N2O6. The number of carbonyl (C=O) groups is 4. The van der Waals surface area contributed by atoms with Gasteiger partial charge in [0.15, 0.2) is 6.61 Å². The van der Waals surface area contributed by atoms with Crippen molar-refractivity contribution in [2.75, 3.05) is 25.6 Å². The van der Waals surface area contributed by atoms with E-state index in [1.54, 1.807) is 48.5 Å². The Balaban J connectivity index is 1.53. The van der Waals surface area contributed by atoms with Crippen molar-refractivity contribution in [3.8, 4) is 5.75 Å². The SMILES string of the molecule is COc1cccc(NC(=O)COC(=O)CN2C(=O)Cc3ccccc3C2=O)c1. The molecule has 0 unspecified atom stereocenters. The van der Waals surface area contributed by atoms with Crippen LogP contribution >= 0.6 is 0 Å². The smallest absolute Gasteiger partial charge is 0.326 e. The third kappa shape index (κ3) is 4.35. The molecule has 28 heavy (non-hydrogen) atoms. The van der Waals surface area contributed by atoms with Crippen LogP contribution < -0.4 is 10.1 Å². The summed E-state index contributed by atoms with van der Waals surface area (Å²) in [6, 6.07) is 13.4. The molecule has 144 valence electrons. The predicted molar refractivity (Wildman–Crippen MR) is 98.8 cm³/mol. The quantitative estimate of drug-likeness (QED) is 0.599. The molecule has 0 fully saturated rings. The van der Waals surface area contributed by atoms with Crippen molar-refractivity contribution in [3.63, 3.8) is 0 Å². The number of methoxy groups -OCH3 is 1. The molecule has 1 heterocycles. The lowest BCUT2D eigenvalue weighted by Gasteiger charge is -2.25. The van der Waals surface area contributed by atoms with Gasteiger partial charge in [-0.1, -0.05) is 24.3 Å². The molecule has 0 spiro atoms. The standard InChI is InChI=1S/C20H18N2O6/c1-27-15-7-4-6-14(10-15)21-17(23)12-28-19(25)11-22-18(24)9-13-5-2-3-8-16(13)20(22)26/h2-8,10H,9,11-12H2,1H3,(H,21,23). The van der Waals surface area contributed by atoms with Crippen LogP contribution in [0.2, 0.25) is 0 Å². The number of hydrogen-bond acceptors (Lipinski definition) is 6. The third-order valence-corrected chi connectivity index (χ3v) is 4.14. The minimum absolute atomic E-state index is 0.0333. The van der Waals surface area contributed by atoms with Crippen molar-refractivity contribution in [2.24, 2.45) is 0 Å². The molecule has 0 saturated heterocycles. The molecule has 0 radical (unpaired) electrons. The Kier molecular flexibility index (Phi) is 5.69. The third-order valence-electron chi connectivity index (χ3n) is 4.14. The molecule has 1 aliphatic rings. The van der Waals surface area contributed by atoms with Gasteiger partial charge in [0.25, 0.3) is 11.8 Å². The lowest BCUT2D eigenvalue weighted by Crippen LogP contribution is -2.45. The van der Waals surface area contributed by atoms with E-state index in [-0.39, 0.29) is 6.42 Å². The highest BCUT2D eigenvalue weighted by Gasteiger charge is 2.32. The van der Waals surface area contributed by atoms with Crippen molar-refractivity contribution in [1.29, 1.82) is 0 Å². The summed E-state index contributed by atoms with van der Waals surface area (Å²) in [4.78, 5) is 49.3. The average Bonchev–Trinajstić information content (AvgIpc) is 2.69. The number of esters is 1. The maximum Gasteiger partial charge on any atom is 0.326 e. The number of nitrogens with one attached hydrogen (secondary N) is 1. The van der Waals surface area contributed by atoms with Gasteiger partial charge in [0.2, 0.25) is 5.91 Å². The second kappa shape index (κ2) is 8.34. The van der Waals surface area contributed by atoms with Crippen molar-refractivity contribution in [1.82, 2.24) is 4.90 Å². The molecule has 1 N–H and O–H groups in total. The predicted octanol–water partition coefficient (Wildman–Crippen LogP) is 1.40. The summed E-state index contributed by atoms with van der Waals surface area (Å²) in [5.74, 6) is -1.87. The average molecular weight is 382 g/mol. The lowest BCUT2D eigenvalue weighted by atomic mass is 9.98. The zero-order chi connectivity index (χ0) is 20.1. The number of ether oxygens (including phenoxy) is 2. The van der Waals surface area contributed by atoms with Gasteiger partial charge in [-0.15, -0.1) is 0 Å². The topological polar surface area (TPSA) is 102 Å². The van der Waals surface area contributed by atoms with Crippen LogP contribution in [0.25, 0.3) is 0 Å². The number of benzene rings is 2. The fourth-order valence-corrected chi connectivity index (χ4v) is 2.78. The molecule has 2 aromatic carbocycles.